The smallest absolute Gasteiger partial charge is 0.164 e. The molecular formula is C43H26N4O. The highest BCUT2D eigenvalue weighted by Gasteiger charge is 2.20. The van der Waals surface area contributed by atoms with E-state index in [2.05, 4.69) is 114 Å². The third kappa shape index (κ3) is 4.15. The van der Waals surface area contributed by atoms with E-state index in [1.165, 1.54) is 5.39 Å². The number of hydrogen-bond donors (Lipinski definition) is 0. The average molecular weight is 615 g/mol. The lowest BCUT2D eigenvalue weighted by molar-refractivity contribution is 0.669. The molecule has 0 amide bonds. The summed E-state index contributed by atoms with van der Waals surface area (Å²) in [5.41, 5.74) is 7.83. The Kier molecular flexibility index (Phi) is 5.81. The Labute approximate surface area is 275 Å². The third-order valence-corrected chi connectivity index (χ3v) is 9.22. The Hall–Kier alpha value is -6.59. The van der Waals surface area contributed by atoms with Crippen molar-refractivity contribution in [3.63, 3.8) is 0 Å². The zero-order valence-electron chi connectivity index (χ0n) is 25.7. The fourth-order valence-corrected chi connectivity index (χ4v) is 7.00. The largest absolute Gasteiger partial charge is 0.456 e. The number of para-hydroxylation sites is 2. The van der Waals surface area contributed by atoms with Crippen molar-refractivity contribution in [3.8, 4) is 39.9 Å². The number of fused-ring (bicyclic) bond motifs is 7. The van der Waals surface area contributed by atoms with Crippen LogP contribution in [-0.2, 0) is 0 Å². The minimum absolute atomic E-state index is 0.611. The highest BCUT2D eigenvalue weighted by atomic mass is 16.3. The number of rotatable bonds is 4. The van der Waals surface area contributed by atoms with Gasteiger partial charge in [0.2, 0.25) is 0 Å². The van der Waals surface area contributed by atoms with E-state index in [1.54, 1.807) is 0 Å². The van der Waals surface area contributed by atoms with Crippen LogP contribution in [0.3, 0.4) is 0 Å². The lowest BCUT2D eigenvalue weighted by atomic mass is 10.0. The number of furan rings is 1. The molecule has 3 heterocycles. The summed E-state index contributed by atoms with van der Waals surface area (Å²) < 4.78 is 8.63. The number of benzene rings is 7. The highest BCUT2D eigenvalue weighted by Crippen LogP contribution is 2.39. The van der Waals surface area contributed by atoms with Crippen molar-refractivity contribution < 1.29 is 4.42 Å². The van der Waals surface area contributed by atoms with Crippen LogP contribution in [0.4, 0.5) is 0 Å². The van der Waals surface area contributed by atoms with Gasteiger partial charge in [-0.2, -0.15) is 0 Å². The van der Waals surface area contributed by atoms with Crippen LogP contribution in [0.2, 0.25) is 0 Å². The predicted molar refractivity (Wildman–Crippen MR) is 195 cm³/mol. The van der Waals surface area contributed by atoms with Gasteiger partial charge in [-0.3, -0.25) is 0 Å². The van der Waals surface area contributed by atoms with Gasteiger partial charge in [0.15, 0.2) is 17.5 Å². The normalized spacial score (nSPS) is 11.8. The molecule has 48 heavy (non-hydrogen) atoms. The topological polar surface area (TPSA) is 56.7 Å². The molecule has 0 unspecified atom stereocenters. The van der Waals surface area contributed by atoms with Gasteiger partial charge in [0.05, 0.1) is 11.0 Å². The van der Waals surface area contributed by atoms with E-state index in [1.807, 2.05) is 48.5 Å². The maximum Gasteiger partial charge on any atom is 0.164 e. The van der Waals surface area contributed by atoms with E-state index in [9.17, 15) is 0 Å². The first-order valence-electron chi connectivity index (χ1n) is 16.0. The molecule has 0 aliphatic heterocycles. The summed E-state index contributed by atoms with van der Waals surface area (Å²) in [7, 11) is 0. The highest BCUT2D eigenvalue weighted by molar-refractivity contribution is 6.15. The Morgan fingerprint density at radius 3 is 1.90 bits per heavy atom. The van der Waals surface area contributed by atoms with Crippen molar-refractivity contribution >= 4 is 54.5 Å². The van der Waals surface area contributed by atoms with E-state index in [4.69, 9.17) is 19.4 Å². The zero-order valence-corrected chi connectivity index (χ0v) is 25.7. The summed E-state index contributed by atoms with van der Waals surface area (Å²) in [6, 6.07) is 54.4. The molecule has 0 fully saturated rings. The first-order valence-corrected chi connectivity index (χ1v) is 16.0. The van der Waals surface area contributed by atoms with E-state index in [0.29, 0.717) is 17.5 Å². The van der Waals surface area contributed by atoms with E-state index in [-0.39, 0.29) is 0 Å². The van der Waals surface area contributed by atoms with Crippen LogP contribution in [0.1, 0.15) is 0 Å². The molecule has 10 aromatic rings. The molecule has 224 valence electrons. The molecular weight excluding hydrogens is 589 g/mol. The quantitative estimate of drug-likeness (QED) is 0.198. The molecule has 0 saturated heterocycles. The van der Waals surface area contributed by atoms with Crippen LogP contribution in [0.25, 0.3) is 94.4 Å². The monoisotopic (exact) mass is 614 g/mol. The molecule has 0 radical (unpaired) electrons. The SMILES string of the molecule is c1ccc(-c2nc(-c3ccc4oc5cc6ccccc6cc5c4c3)nc(-c3cccc4c3c3ccccc3n4-c3ccccc3)n2)cc1. The van der Waals surface area contributed by atoms with Gasteiger partial charge in [-0.25, -0.2) is 15.0 Å². The molecule has 0 aliphatic rings. The molecule has 10 rings (SSSR count). The molecule has 5 nitrogen and oxygen atoms in total. The molecule has 0 atom stereocenters. The first kappa shape index (κ1) is 26.6. The molecule has 5 heteroatoms. The fourth-order valence-electron chi connectivity index (χ4n) is 7.00. The lowest BCUT2D eigenvalue weighted by Crippen LogP contribution is -2.00. The standard InChI is InChI=1S/C43H26N4O/c1-3-12-27(13-4-1)41-44-42(30-22-23-38-34(25-30)35-24-28-14-7-8-15-29(28)26-39(35)48-38)46-43(45-41)33-19-11-21-37-40(33)32-18-9-10-20-36(32)47(37)31-16-5-2-6-17-31/h1-26H. The van der Waals surface area contributed by atoms with E-state index in [0.717, 1.165) is 71.5 Å². The Morgan fingerprint density at radius 1 is 0.417 bits per heavy atom. The van der Waals surface area contributed by atoms with Gasteiger partial charge in [-0.05, 0) is 65.4 Å². The van der Waals surface area contributed by atoms with Crippen LogP contribution in [0, 0.1) is 0 Å². The Morgan fingerprint density at radius 2 is 1.06 bits per heavy atom. The molecule has 0 spiro atoms. The summed E-state index contributed by atoms with van der Waals surface area (Å²) in [5, 5.41) is 6.69. The van der Waals surface area contributed by atoms with Gasteiger partial charge >= 0.3 is 0 Å². The van der Waals surface area contributed by atoms with Crippen molar-refractivity contribution in [1.82, 2.24) is 19.5 Å². The van der Waals surface area contributed by atoms with Gasteiger partial charge in [0, 0.05) is 43.9 Å². The number of aromatic nitrogens is 4. The molecule has 0 bridgehead atoms. The first-order chi connectivity index (χ1) is 23.8. The minimum Gasteiger partial charge on any atom is -0.456 e. The van der Waals surface area contributed by atoms with Gasteiger partial charge in [-0.1, -0.05) is 103 Å². The summed E-state index contributed by atoms with van der Waals surface area (Å²) in [6.45, 7) is 0. The second kappa shape index (κ2) is 10.5. The Bertz CT molecular complexity index is 2830. The average Bonchev–Trinajstić information content (AvgIpc) is 3.69. The van der Waals surface area contributed by atoms with Crippen LogP contribution in [0.5, 0.6) is 0 Å². The van der Waals surface area contributed by atoms with E-state index < -0.39 is 0 Å². The summed E-state index contributed by atoms with van der Waals surface area (Å²) in [5.74, 6) is 1.87. The maximum atomic E-state index is 6.31. The van der Waals surface area contributed by atoms with Crippen LogP contribution in [0.15, 0.2) is 162 Å². The van der Waals surface area contributed by atoms with Crippen molar-refractivity contribution in [2.24, 2.45) is 0 Å². The molecule has 0 N–H and O–H groups in total. The lowest BCUT2D eigenvalue weighted by Gasteiger charge is -2.10. The van der Waals surface area contributed by atoms with Crippen LogP contribution < -0.4 is 0 Å². The number of hydrogen-bond acceptors (Lipinski definition) is 4. The second-order valence-electron chi connectivity index (χ2n) is 12.1. The Balaban J connectivity index is 1.23. The van der Waals surface area contributed by atoms with Crippen LogP contribution >= 0.6 is 0 Å². The maximum absolute atomic E-state index is 6.31. The van der Waals surface area contributed by atoms with Crippen molar-refractivity contribution in [1.29, 1.82) is 0 Å². The van der Waals surface area contributed by atoms with Gasteiger partial charge in [-0.15, -0.1) is 0 Å². The predicted octanol–water partition coefficient (Wildman–Crippen LogP) is 11.0. The fraction of sp³-hybridized carbons (Fsp3) is 0. The summed E-state index contributed by atoms with van der Waals surface area (Å²) >= 11 is 0. The van der Waals surface area contributed by atoms with Crippen molar-refractivity contribution in [2.45, 2.75) is 0 Å². The zero-order chi connectivity index (χ0) is 31.6. The van der Waals surface area contributed by atoms with Crippen molar-refractivity contribution in [2.75, 3.05) is 0 Å². The van der Waals surface area contributed by atoms with Gasteiger partial charge < -0.3 is 8.98 Å². The van der Waals surface area contributed by atoms with Gasteiger partial charge in [0.25, 0.3) is 0 Å². The molecule has 0 saturated carbocycles. The van der Waals surface area contributed by atoms with Crippen molar-refractivity contribution in [3.05, 3.63) is 158 Å². The summed E-state index contributed by atoms with van der Waals surface area (Å²) in [6.07, 6.45) is 0. The minimum atomic E-state index is 0.611. The van der Waals surface area contributed by atoms with Crippen LogP contribution in [-0.4, -0.2) is 19.5 Å². The van der Waals surface area contributed by atoms with Gasteiger partial charge in [0.1, 0.15) is 11.2 Å². The second-order valence-corrected chi connectivity index (χ2v) is 12.1. The molecule has 7 aromatic carbocycles. The molecule has 3 aromatic heterocycles. The third-order valence-electron chi connectivity index (χ3n) is 9.22. The number of nitrogens with zero attached hydrogens (tertiary/aromatic N) is 4. The molecule has 0 aliphatic carbocycles. The van der Waals surface area contributed by atoms with E-state index >= 15 is 0 Å². The summed E-state index contributed by atoms with van der Waals surface area (Å²) in [4.78, 5) is 15.4.